The van der Waals surface area contributed by atoms with Gasteiger partial charge in [-0.2, -0.15) is 0 Å². The number of carboxylic acid groups (broad SMARTS) is 1. The molecule has 88 valence electrons. The lowest BCUT2D eigenvalue weighted by molar-refractivity contribution is -0.139. The molecule has 0 aliphatic heterocycles. The van der Waals surface area contributed by atoms with Gasteiger partial charge in [0, 0.05) is 11.6 Å². The lowest BCUT2D eigenvalue weighted by Crippen LogP contribution is -2.16. The summed E-state index contributed by atoms with van der Waals surface area (Å²) >= 11 is 3.37. The van der Waals surface area contributed by atoms with Crippen LogP contribution >= 0.6 is 15.9 Å². The van der Waals surface area contributed by atoms with Gasteiger partial charge in [-0.15, -0.1) is 0 Å². The van der Waals surface area contributed by atoms with Gasteiger partial charge in [0.25, 0.3) is 0 Å². The van der Waals surface area contributed by atoms with E-state index in [1.54, 1.807) is 7.11 Å². The van der Waals surface area contributed by atoms with Gasteiger partial charge < -0.3 is 9.84 Å². The topological polar surface area (TPSA) is 46.5 Å². The molecule has 1 unspecified atom stereocenters. The molecule has 1 aromatic carbocycles. The fourth-order valence-corrected chi connectivity index (χ4v) is 1.74. The third kappa shape index (κ3) is 4.77. The maximum absolute atomic E-state index is 10.5. The van der Waals surface area contributed by atoms with E-state index in [-0.39, 0.29) is 12.5 Å². The maximum Gasteiger partial charge on any atom is 0.305 e. The molecule has 16 heavy (non-hydrogen) atoms. The molecule has 1 N–H and O–H groups in total. The average molecular weight is 287 g/mol. The summed E-state index contributed by atoms with van der Waals surface area (Å²) in [4.78, 5) is 10.5. The summed E-state index contributed by atoms with van der Waals surface area (Å²) in [7, 11) is 1.55. The first-order valence-electron chi connectivity index (χ1n) is 5.11. The van der Waals surface area contributed by atoms with Crippen molar-refractivity contribution in [3.63, 3.8) is 0 Å². The highest BCUT2D eigenvalue weighted by atomic mass is 79.9. The van der Waals surface area contributed by atoms with Gasteiger partial charge in [0.05, 0.1) is 12.5 Å². The van der Waals surface area contributed by atoms with Crippen LogP contribution in [0.4, 0.5) is 0 Å². The largest absolute Gasteiger partial charge is 0.481 e. The first-order chi connectivity index (χ1) is 7.61. The van der Waals surface area contributed by atoms with Gasteiger partial charge >= 0.3 is 5.97 Å². The Morgan fingerprint density at radius 2 is 2.06 bits per heavy atom. The van der Waals surface area contributed by atoms with Crippen molar-refractivity contribution in [3.8, 4) is 0 Å². The van der Waals surface area contributed by atoms with Gasteiger partial charge in [0.1, 0.15) is 0 Å². The highest BCUT2D eigenvalue weighted by Gasteiger charge is 2.11. The minimum absolute atomic E-state index is 0.0625. The van der Waals surface area contributed by atoms with Gasteiger partial charge in [0.15, 0.2) is 0 Å². The second kappa shape index (κ2) is 6.66. The van der Waals surface area contributed by atoms with Crippen LogP contribution in [-0.4, -0.2) is 24.3 Å². The van der Waals surface area contributed by atoms with E-state index in [9.17, 15) is 4.79 Å². The zero-order valence-electron chi connectivity index (χ0n) is 9.15. The molecular weight excluding hydrogens is 272 g/mol. The first kappa shape index (κ1) is 13.2. The number of carboxylic acids is 1. The molecule has 0 aliphatic rings. The Bertz CT molecular complexity index is 335. The van der Waals surface area contributed by atoms with Crippen LogP contribution in [0.15, 0.2) is 28.7 Å². The summed E-state index contributed by atoms with van der Waals surface area (Å²) in [6.07, 6.45) is 1.41. The van der Waals surface area contributed by atoms with E-state index in [1.807, 2.05) is 24.3 Å². The van der Waals surface area contributed by atoms with Gasteiger partial charge in [0.2, 0.25) is 0 Å². The number of methoxy groups -OCH3 is 1. The summed E-state index contributed by atoms with van der Waals surface area (Å²) in [5.74, 6) is -0.817. The SMILES string of the molecule is COC(CCc1ccc(Br)cc1)CC(=O)O. The molecule has 0 radical (unpaired) electrons. The van der Waals surface area contributed by atoms with Crippen molar-refractivity contribution in [1.82, 2.24) is 0 Å². The van der Waals surface area contributed by atoms with Crippen LogP contribution in [0.25, 0.3) is 0 Å². The third-order valence-corrected chi connectivity index (χ3v) is 2.93. The Kier molecular flexibility index (Phi) is 5.49. The Morgan fingerprint density at radius 1 is 1.44 bits per heavy atom. The summed E-state index contributed by atoms with van der Waals surface area (Å²) in [5, 5.41) is 8.66. The molecule has 0 heterocycles. The fourth-order valence-electron chi connectivity index (χ4n) is 1.48. The van der Waals surface area contributed by atoms with Gasteiger partial charge in [-0.1, -0.05) is 28.1 Å². The van der Waals surface area contributed by atoms with E-state index < -0.39 is 5.97 Å². The molecule has 1 aromatic rings. The van der Waals surface area contributed by atoms with Crippen LogP contribution in [0.1, 0.15) is 18.4 Å². The third-order valence-electron chi connectivity index (χ3n) is 2.40. The predicted octanol–water partition coefficient (Wildman–Crippen LogP) is 2.87. The molecule has 0 aromatic heterocycles. The van der Waals surface area contributed by atoms with Crippen LogP contribution in [0.2, 0.25) is 0 Å². The molecule has 4 heteroatoms. The van der Waals surface area contributed by atoms with Gasteiger partial charge in [-0.25, -0.2) is 0 Å². The van der Waals surface area contributed by atoms with Crippen LogP contribution in [0.3, 0.4) is 0 Å². The lowest BCUT2D eigenvalue weighted by Gasteiger charge is -2.12. The Morgan fingerprint density at radius 3 is 2.56 bits per heavy atom. The molecule has 0 bridgehead atoms. The van der Waals surface area contributed by atoms with Crippen molar-refractivity contribution in [2.45, 2.75) is 25.4 Å². The minimum atomic E-state index is -0.817. The summed E-state index contributed by atoms with van der Waals surface area (Å²) in [5.41, 5.74) is 1.19. The zero-order valence-corrected chi connectivity index (χ0v) is 10.7. The number of carbonyl (C=O) groups is 1. The van der Waals surface area contributed by atoms with Crippen molar-refractivity contribution in [2.75, 3.05) is 7.11 Å². The van der Waals surface area contributed by atoms with Crippen LogP contribution in [0.5, 0.6) is 0 Å². The second-order valence-electron chi connectivity index (χ2n) is 3.62. The van der Waals surface area contributed by atoms with Crippen LogP contribution in [-0.2, 0) is 16.0 Å². The molecule has 1 rings (SSSR count). The van der Waals surface area contributed by atoms with Gasteiger partial charge in [-0.05, 0) is 30.5 Å². The molecule has 1 atom stereocenters. The van der Waals surface area contributed by atoms with Crippen LogP contribution < -0.4 is 0 Å². The molecule has 0 spiro atoms. The van der Waals surface area contributed by atoms with Crippen LogP contribution in [0, 0.1) is 0 Å². The summed E-state index contributed by atoms with van der Waals surface area (Å²) in [6.45, 7) is 0. The maximum atomic E-state index is 10.5. The molecule has 0 fully saturated rings. The van der Waals surface area contributed by atoms with E-state index in [0.717, 1.165) is 17.3 Å². The molecular formula is C12H15BrO3. The highest BCUT2D eigenvalue weighted by molar-refractivity contribution is 9.10. The highest BCUT2D eigenvalue weighted by Crippen LogP contribution is 2.14. The van der Waals surface area contributed by atoms with E-state index >= 15 is 0 Å². The second-order valence-corrected chi connectivity index (χ2v) is 4.54. The fraction of sp³-hybridized carbons (Fsp3) is 0.417. The summed E-state index contributed by atoms with van der Waals surface area (Å²) < 4.78 is 6.16. The van der Waals surface area contributed by atoms with E-state index in [4.69, 9.17) is 9.84 Å². The normalized spacial score (nSPS) is 12.4. The Hall–Kier alpha value is -0.870. The molecule has 0 amide bonds. The van der Waals surface area contributed by atoms with Crippen molar-refractivity contribution in [3.05, 3.63) is 34.3 Å². The number of rotatable bonds is 6. The van der Waals surface area contributed by atoms with Crippen molar-refractivity contribution in [2.24, 2.45) is 0 Å². The number of aryl methyl sites for hydroxylation is 1. The lowest BCUT2D eigenvalue weighted by atomic mass is 10.1. The predicted molar refractivity (Wildman–Crippen MR) is 65.5 cm³/mol. The van der Waals surface area contributed by atoms with E-state index in [0.29, 0.717) is 0 Å². The molecule has 0 aliphatic carbocycles. The van der Waals surface area contributed by atoms with Crippen molar-refractivity contribution < 1.29 is 14.6 Å². The summed E-state index contributed by atoms with van der Waals surface area (Å²) in [6, 6.07) is 8.01. The zero-order chi connectivity index (χ0) is 12.0. The Labute approximate surface area is 104 Å². The minimum Gasteiger partial charge on any atom is -0.481 e. The molecule has 0 saturated carbocycles. The van der Waals surface area contributed by atoms with Crippen molar-refractivity contribution in [1.29, 1.82) is 0 Å². The number of ether oxygens (including phenoxy) is 1. The standard InChI is InChI=1S/C12H15BrO3/c1-16-11(8-12(14)15)7-4-9-2-5-10(13)6-3-9/h2-3,5-6,11H,4,7-8H2,1H3,(H,14,15). The monoisotopic (exact) mass is 286 g/mol. The average Bonchev–Trinajstić information content (AvgIpc) is 2.26. The molecule has 0 saturated heterocycles. The smallest absolute Gasteiger partial charge is 0.305 e. The number of aliphatic carboxylic acids is 1. The quantitative estimate of drug-likeness (QED) is 0.875. The molecule has 3 nitrogen and oxygen atoms in total. The number of halogens is 1. The van der Waals surface area contributed by atoms with E-state index in [1.165, 1.54) is 5.56 Å². The van der Waals surface area contributed by atoms with Gasteiger partial charge in [-0.3, -0.25) is 4.79 Å². The number of benzene rings is 1. The van der Waals surface area contributed by atoms with E-state index in [2.05, 4.69) is 15.9 Å². The number of hydrogen-bond donors (Lipinski definition) is 1. The number of hydrogen-bond acceptors (Lipinski definition) is 2. The first-order valence-corrected chi connectivity index (χ1v) is 5.90. The Balaban J connectivity index is 2.43. The van der Waals surface area contributed by atoms with Crippen molar-refractivity contribution >= 4 is 21.9 Å².